The van der Waals surface area contributed by atoms with Crippen molar-refractivity contribution in [2.45, 2.75) is 45.1 Å². The molecule has 3 rings (SSSR count). The Bertz CT molecular complexity index is 394. The average Bonchev–Trinajstić information content (AvgIpc) is 2.38. The summed E-state index contributed by atoms with van der Waals surface area (Å²) < 4.78 is 5.86. The maximum atomic E-state index is 5.86. The summed E-state index contributed by atoms with van der Waals surface area (Å²) in [5.41, 5.74) is 1.07. The molecule has 0 unspecified atom stereocenters. The number of likely N-dealkylation sites (tertiary alicyclic amines) is 1. The standard InChI is InChI=1S/C15H23N3O/c1-12-9-16-15(17-10-12)19-14-5-7-18(8-6-14)11-13-3-2-4-13/h9-10,13-14H,2-8,11H2,1H3. The predicted octanol–water partition coefficient (Wildman–Crippen LogP) is 2.43. The van der Waals surface area contributed by atoms with Crippen LogP contribution in [-0.2, 0) is 0 Å². The van der Waals surface area contributed by atoms with Gasteiger partial charge in [-0.3, -0.25) is 0 Å². The third-order valence-electron chi connectivity index (χ3n) is 4.31. The van der Waals surface area contributed by atoms with Crippen LogP contribution < -0.4 is 4.74 Å². The fourth-order valence-electron chi connectivity index (χ4n) is 2.84. The second kappa shape index (κ2) is 5.87. The number of nitrogens with zero attached hydrogens (tertiary/aromatic N) is 3. The summed E-state index contributed by atoms with van der Waals surface area (Å²) >= 11 is 0. The molecule has 1 saturated heterocycles. The van der Waals surface area contributed by atoms with E-state index < -0.39 is 0 Å². The van der Waals surface area contributed by atoms with Crippen LogP contribution in [0, 0.1) is 12.8 Å². The molecule has 0 bridgehead atoms. The molecule has 2 fully saturated rings. The van der Waals surface area contributed by atoms with Gasteiger partial charge in [-0.15, -0.1) is 0 Å². The van der Waals surface area contributed by atoms with Gasteiger partial charge >= 0.3 is 6.01 Å². The minimum Gasteiger partial charge on any atom is -0.460 e. The molecule has 4 heteroatoms. The van der Waals surface area contributed by atoms with Gasteiger partial charge in [0.05, 0.1) is 0 Å². The fourth-order valence-corrected chi connectivity index (χ4v) is 2.84. The maximum Gasteiger partial charge on any atom is 0.316 e. The molecule has 1 aromatic rings. The Kier molecular flexibility index (Phi) is 3.97. The third kappa shape index (κ3) is 3.44. The van der Waals surface area contributed by atoms with E-state index >= 15 is 0 Å². The number of ether oxygens (including phenoxy) is 1. The van der Waals surface area contributed by atoms with Crippen LogP contribution in [-0.4, -0.2) is 40.6 Å². The largest absolute Gasteiger partial charge is 0.460 e. The lowest BCUT2D eigenvalue weighted by Crippen LogP contribution is -2.41. The van der Waals surface area contributed by atoms with Crippen molar-refractivity contribution < 1.29 is 4.74 Å². The SMILES string of the molecule is Cc1cnc(OC2CCN(CC3CCC3)CC2)nc1. The molecular formula is C15H23N3O. The third-order valence-corrected chi connectivity index (χ3v) is 4.31. The zero-order valence-electron chi connectivity index (χ0n) is 11.7. The topological polar surface area (TPSA) is 38.2 Å². The molecule has 0 radical (unpaired) electrons. The highest BCUT2D eigenvalue weighted by Crippen LogP contribution is 2.28. The van der Waals surface area contributed by atoms with E-state index in [0.717, 1.165) is 37.4 Å². The summed E-state index contributed by atoms with van der Waals surface area (Å²) in [5.74, 6) is 0.970. The van der Waals surface area contributed by atoms with Gasteiger partial charge in [0.25, 0.3) is 0 Å². The highest BCUT2D eigenvalue weighted by molar-refractivity contribution is 5.04. The van der Waals surface area contributed by atoms with Gasteiger partial charge in [0, 0.05) is 32.0 Å². The summed E-state index contributed by atoms with van der Waals surface area (Å²) in [5, 5.41) is 0. The molecule has 0 spiro atoms. The molecule has 0 N–H and O–H groups in total. The summed E-state index contributed by atoms with van der Waals surface area (Å²) in [7, 11) is 0. The summed E-state index contributed by atoms with van der Waals surface area (Å²) in [4.78, 5) is 11.0. The lowest BCUT2D eigenvalue weighted by atomic mass is 9.85. The number of aryl methyl sites for hydroxylation is 1. The Hall–Kier alpha value is -1.16. The molecule has 4 nitrogen and oxygen atoms in total. The van der Waals surface area contributed by atoms with Crippen LogP contribution in [0.5, 0.6) is 6.01 Å². The van der Waals surface area contributed by atoms with Gasteiger partial charge < -0.3 is 9.64 Å². The lowest BCUT2D eigenvalue weighted by molar-refractivity contribution is 0.0747. The second-order valence-electron chi connectivity index (χ2n) is 5.96. The Balaban J connectivity index is 1.43. The fraction of sp³-hybridized carbons (Fsp3) is 0.733. The Labute approximate surface area is 115 Å². The first kappa shape index (κ1) is 12.9. The van der Waals surface area contributed by atoms with Gasteiger partial charge in [-0.25, -0.2) is 9.97 Å². The van der Waals surface area contributed by atoms with Gasteiger partial charge in [-0.05, 0) is 44.1 Å². The molecule has 0 amide bonds. The molecule has 2 heterocycles. The minimum absolute atomic E-state index is 0.292. The molecule has 0 atom stereocenters. The highest BCUT2D eigenvalue weighted by atomic mass is 16.5. The van der Waals surface area contributed by atoms with E-state index in [2.05, 4.69) is 14.9 Å². The van der Waals surface area contributed by atoms with E-state index in [9.17, 15) is 0 Å². The average molecular weight is 261 g/mol. The molecule has 1 saturated carbocycles. The zero-order chi connectivity index (χ0) is 13.1. The summed E-state index contributed by atoms with van der Waals surface area (Å²) in [6.07, 6.45) is 10.4. The number of rotatable bonds is 4. The Morgan fingerprint density at radius 2 is 1.84 bits per heavy atom. The first-order valence-electron chi connectivity index (χ1n) is 7.47. The number of aromatic nitrogens is 2. The van der Waals surface area contributed by atoms with Gasteiger partial charge in [0.15, 0.2) is 0 Å². The molecule has 1 aliphatic carbocycles. The van der Waals surface area contributed by atoms with E-state index in [1.54, 1.807) is 0 Å². The molecule has 104 valence electrons. The van der Waals surface area contributed by atoms with Crippen LogP contribution in [0.1, 0.15) is 37.7 Å². The smallest absolute Gasteiger partial charge is 0.316 e. The lowest BCUT2D eigenvalue weighted by Gasteiger charge is -2.36. The van der Waals surface area contributed by atoms with Crippen molar-refractivity contribution in [3.8, 4) is 6.01 Å². The zero-order valence-corrected chi connectivity index (χ0v) is 11.7. The quantitative estimate of drug-likeness (QED) is 0.834. The van der Waals surface area contributed by atoms with Gasteiger partial charge in [-0.1, -0.05) is 6.42 Å². The highest BCUT2D eigenvalue weighted by Gasteiger charge is 2.25. The van der Waals surface area contributed by atoms with Gasteiger partial charge in [0.1, 0.15) is 6.10 Å². The Morgan fingerprint density at radius 3 is 2.42 bits per heavy atom. The molecule has 2 aliphatic rings. The second-order valence-corrected chi connectivity index (χ2v) is 5.96. The maximum absolute atomic E-state index is 5.86. The minimum atomic E-state index is 0.292. The molecular weight excluding hydrogens is 238 g/mol. The van der Waals surface area contributed by atoms with Crippen LogP contribution in [0.3, 0.4) is 0 Å². The van der Waals surface area contributed by atoms with Crippen LogP contribution in [0.25, 0.3) is 0 Å². The normalized spacial score (nSPS) is 22.2. The summed E-state index contributed by atoms with van der Waals surface area (Å²) in [6.45, 7) is 5.61. The molecule has 0 aromatic carbocycles. The van der Waals surface area contributed by atoms with Crippen molar-refractivity contribution in [2.75, 3.05) is 19.6 Å². The number of hydrogen-bond donors (Lipinski definition) is 0. The molecule has 19 heavy (non-hydrogen) atoms. The van der Waals surface area contributed by atoms with Crippen LogP contribution in [0.15, 0.2) is 12.4 Å². The van der Waals surface area contributed by atoms with Gasteiger partial charge in [0.2, 0.25) is 0 Å². The van der Waals surface area contributed by atoms with Crippen molar-refractivity contribution in [1.29, 1.82) is 0 Å². The molecule has 1 aromatic heterocycles. The van der Waals surface area contributed by atoms with E-state index in [-0.39, 0.29) is 0 Å². The number of hydrogen-bond acceptors (Lipinski definition) is 4. The summed E-state index contributed by atoms with van der Waals surface area (Å²) in [6, 6.07) is 0.531. The first-order chi connectivity index (χ1) is 9.29. The van der Waals surface area contributed by atoms with E-state index in [0.29, 0.717) is 12.1 Å². The Morgan fingerprint density at radius 1 is 1.16 bits per heavy atom. The van der Waals surface area contributed by atoms with Crippen LogP contribution in [0.4, 0.5) is 0 Å². The van der Waals surface area contributed by atoms with Crippen LogP contribution >= 0.6 is 0 Å². The predicted molar refractivity (Wildman–Crippen MR) is 74.2 cm³/mol. The number of piperidine rings is 1. The van der Waals surface area contributed by atoms with Crippen molar-refractivity contribution in [1.82, 2.24) is 14.9 Å². The first-order valence-corrected chi connectivity index (χ1v) is 7.47. The van der Waals surface area contributed by atoms with Crippen molar-refractivity contribution in [3.05, 3.63) is 18.0 Å². The van der Waals surface area contributed by atoms with Crippen molar-refractivity contribution in [3.63, 3.8) is 0 Å². The van der Waals surface area contributed by atoms with Crippen molar-refractivity contribution in [2.24, 2.45) is 5.92 Å². The van der Waals surface area contributed by atoms with Crippen LogP contribution in [0.2, 0.25) is 0 Å². The van der Waals surface area contributed by atoms with E-state index in [1.807, 2.05) is 19.3 Å². The molecule has 1 aliphatic heterocycles. The van der Waals surface area contributed by atoms with Gasteiger partial charge in [-0.2, -0.15) is 0 Å². The van der Waals surface area contributed by atoms with E-state index in [1.165, 1.54) is 25.8 Å². The van der Waals surface area contributed by atoms with Crippen molar-refractivity contribution >= 4 is 0 Å². The monoisotopic (exact) mass is 261 g/mol. The van der Waals surface area contributed by atoms with E-state index in [4.69, 9.17) is 4.74 Å².